The van der Waals surface area contributed by atoms with E-state index in [9.17, 15) is 31.5 Å². The SMILES string of the molecule is COC1CC(C(=O)CBr)N(C(=O)C(F)(F)C(F)(F)F)C1. The van der Waals surface area contributed by atoms with Crippen molar-refractivity contribution in [3.63, 3.8) is 0 Å². The highest BCUT2D eigenvalue weighted by molar-refractivity contribution is 9.09. The van der Waals surface area contributed by atoms with E-state index >= 15 is 0 Å². The van der Waals surface area contributed by atoms with Crippen LogP contribution in [0.3, 0.4) is 0 Å². The molecule has 2 atom stereocenters. The van der Waals surface area contributed by atoms with Crippen molar-refractivity contribution < 1.29 is 36.3 Å². The number of halogens is 6. The first-order valence-electron chi connectivity index (χ1n) is 5.43. The Kier molecular flexibility index (Phi) is 5.12. The average molecular weight is 368 g/mol. The minimum atomic E-state index is -6.00. The van der Waals surface area contributed by atoms with E-state index in [1.807, 2.05) is 0 Å². The number of hydrogen-bond donors (Lipinski definition) is 0. The van der Waals surface area contributed by atoms with Gasteiger partial charge < -0.3 is 9.64 Å². The molecule has 1 amide bonds. The monoisotopic (exact) mass is 367 g/mol. The molecule has 1 aliphatic heterocycles. The third-order valence-corrected chi connectivity index (χ3v) is 3.54. The van der Waals surface area contributed by atoms with Gasteiger partial charge in [0.25, 0.3) is 0 Å². The van der Waals surface area contributed by atoms with E-state index in [4.69, 9.17) is 4.74 Å². The van der Waals surface area contributed by atoms with Crippen LogP contribution >= 0.6 is 15.9 Å². The molecule has 0 aromatic rings. The highest BCUT2D eigenvalue weighted by Crippen LogP contribution is 2.38. The van der Waals surface area contributed by atoms with Crippen LogP contribution in [0.4, 0.5) is 22.0 Å². The topological polar surface area (TPSA) is 46.6 Å². The number of Topliss-reactive ketones (excluding diaryl/α,β-unsaturated/α-hetero) is 1. The number of alkyl halides is 6. The van der Waals surface area contributed by atoms with E-state index in [1.165, 1.54) is 7.11 Å². The Hall–Kier alpha value is -0.770. The molecule has 0 spiro atoms. The summed E-state index contributed by atoms with van der Waals surface area (Å²) >= 11 is 2.80. The zero-order valence-electron chi connectivity index (χ0n) is 10.2. The molecule has 1 heterocycles. The molecule has 20 heavy (non-hydrogen) atoms. The summed E-state index contributed by atoms with van der Waals surface area (Å²) < 4.78 is 67.6. The van der Waals surface area contributed by atoms with Gasteiger partial charge in [0, 0.05) is 20.1 Å². The molecule has 1 rings (SSSR count). The van der Waals surface area contributed by atoms with Crippen LogP contribution in [0.25, 0.3) is 0 Å². The summed E-state index contributed by atoms with van der Waals surface area (Å²) in [6, 6.07) is -1.35. The van der Waals surface area contributed by atoms with Gasteiger partial charge in [0.1, 0.15) is 0 Å². The van der Waals surface area contributed by atoms with Crippen molar-refractivity contribution in [1.29, 1.82) is 0 Å². The first kappa shape index (κ1) is 17.3. The fourth-order valence-corrected chi connectivity index (χ4v) is 2.26. The van der Waals surface area contributed by atoms with E-state index in [1.54, 1.807) is 0 Å². The van der Waals surface area contributed by atoms with Gasteiger partial charge in [-0.15, -0.1) is 0 Å². The number of methoxy groups -OCH3 is 1. The lowest BCUT2D eigenvalue weighted by Gasteiger charge is -2.28. The zero-order valence-corrected chi connectivity index (χ0v) is 11.8. The highest BCUT2D eigenvalue weighted by Gasteiger charge is 2.66. The predicted octanol–water partition coefficient (Wildman–Crippen LogP) is 1.76. The Morgan fingerprint density at radius 1 is 1.30 bits per heavy atom. The summed E-state index contributed by atoms with van der Waals surface area (Å²) in [4.78, 5) is 23.2. The van der Waals surface area contributed by atoms with Crippen LogP contribution in [-0.2, 0) is 14.3 Å². The van der Waals surface area contributed by atoms with Crippen molar-refractivity contribution in [3.8, 4) is 0 Å². The molecule has 4 nitrogen and oxygen atoms in total. The number of carbonyl (C=O) groups is 2. The number of ketones is 1. The van der Waals surface area contributed by atoms with Crippen molar-refractivity contribution >= 4 is 27.6 Å². The lowest BCUT2D eigenvalue weighted by Crippen LogP contribution is -2.55. The van der Waals surface area contributed by atoms with E-state index in [0.717, 1.165) is 0 Å². The maximum Gasteiger partial charge on any atom is 0.463 e. The molecule has 2 unspecified atom stereocenters. The van der Waals surface area contributed by atoms with Crippen LogP contribution in [0.15, 0.2) is 0 Å². The van der Waals surface area contributed by atoms with Gasteiger partial charge in [-0.3, -0.25) is 9.59 Å². The van der Waals surface area contributed by atoms with Gasteiger partial charge in [-0.05, 0) is 0 Å². The fourth-order valence-electron chi connectivity index (χ4n) is 1.89. The number of hydrogen-bond acceptors (Lipinski definition) is 3. The first-order chi connectivity index (χ1) is 9.06. The Balaban J connectivity index is 3.03. The third kappa shape index (κ3) is 3.11. The molecule has 0 bridgehead atoms. The van der Waals surface area contributed by atoms with E-state index in [-0.39, 0.29) is 16.7 Å². The number of rotatable bonds is 4. The van der Waals surface area contributed by atoms with Crippen LogP contribution in [0.5, 0.6) is 0 Å². The molecule has 0 aromatic heterocycles. The van der Waals surface area contributed by atoms with Crippen LogP contribution in [0.2, 0.25) is 0 Å². The van der Waals surface area contributed by atoms with Gasteiger partial charge in [0.05, 0.1) is 17.5 Å². The summed E-state index contributed by atoms with van der Waals surface area (Å²) in [6.45, 7) is -0.482. The minimum Gasteiger partial charge on any atom is -0.380 e. The molecule has 116 valence electrons. The van der Waals surface area contributed by atoms with E-state index in [2.05, 4.69) is 15.9 Å². The second-order valence-corrected chi connectivity index (χ2v) is 4.80. The molecular formula is C10H11BrF5NO3. The molecule has 0 N–H and O–H groups in total. The van der Waals surface area contributed by atoms with E-state index in [0.29, 0.717) is 0 Å². The smallest absolute Gasteiger partial charge is 0.380 e. The minimum absolute atomic E-state index is 0.111. The fraction of sp³-hybridized carbons (Fsp3) is 0.800. The Morgan fingerprint density at radius 2 is 1.85 bits per heavy atom. The molecule has 0 saturated carbocycles. The van der Waals surface area contributed by atoms with Crippen molar-refractivity contribution in [2.75, 3.05) is 19.0 Å². The first-order valence-corrected chi connectivity index (χ1v) is 6.55. The van der Waals surface area contributed by atoms with Crippen LogP contribution in [0, 0.1) is 0 Å². The maximum atomic E-state index is 13.1. The Bertz CT molecular complexity index is 401. The molecule has 0 aromatic carbocycles. The highest BCUT2D eigenvalue weighted by atomic mass is 79.9. The normalized spacial score (nSPS) is 24.1. The van der Waals surface area contributed by atoms with Crippen LogP contribution < -0.4 is 0 Å². The molecule has 1 fully saturated rings. The van der Waals surface area contributed by atoms with Gasteiger partial charge in [-0.25, -0.2) is 0 Å². The van der Waals surface area contributed by atoms with Gasteiger partial charge in [-0.1, -0.05) is 15.9 Å². The molecule has 0 aliphatic carbocycles. The van der Waals surface area contributed by atoms with Gasteiger partial charge in [0.15, 0.2) is 5.78 Å². The second-order valence-electron chi connectivity index (χ2n) is 4.24. The summed E-state index contributed by atoms with van der Waals surface area (Å²) in [5.41, 5.74) is 0. The lowest BCUT2D eigenvalue weighted by molar-refractivity contribution is -0.274. The third-order valence-electron chi connectivity index (χ3n) is 2.98. The second kappa shape index (κ2) is 5.92. The summed E-state index contributed by atoms with van der Waals surface area (Å²) in [5.74, 6) is -8.61. The summed E-state index contributed by atoms with van der Waals surface area (Å²) in [7, 11) is 1.22. The Labute approximate surface area is 119 Å². The molecular weight excluding hydrogens is 357 g/mol. The van der Waals surface area contributed by atoms with Crippen molar-refractivity contribution in [2.45, 2.75) is 30.7 Å². The standard InChI is InChI=1S/C10H11BrF5NO3/c1-20-5-2-6(7(18)3-11)17(4-5)8(19)9(12,13)10(14,15)16/h5-6H,2-4H2,1H3. The number of nitrogens with zero attached hydrogens (tertiary/aromatic N) is 1. The summed E-state index contributed by atoms with van der Waals surface area (Å²) in [6.07, 6.45) is -6.87. The Morgan fingerprint density at radius 3 is 2.25 bits per heavy atom. The van der Waals surface area contributed by atoms with Gasteiger partial charge >= 0.3 is 18.0 Å². The molecule has 10 heteroatoms. The van der Waals surface area contributed by atoms with Gasteiger partial charge in [-0.2, -0.15) is 22.0 Å². The number of carbonyl (C=O) groups excluding carboxylic acids is 2. The van der Waals surface area contributed by atoms with Gasteiger partial charge in [0.2, 0.25) is 0 Å². The lowest BCUT2D eigenvalue weighted by atomic mass is 10.1. The number of ether oxygens (including phenoxy) is 1. The van der Waals surface area contributed by atoms with Crippen molar-refractivity contribution in [3.05, 3.63) is 0 Å². The van der Waals surface area contributed by atoms with Crippen molar-refractivity contribution in [1.82, 2.24) is 4.90 Å². The van der Waals surface area contributed by atoms with E-state index < -0.39 is 42.5 Å². The maximum absolute atomic E-state index is 13.1. The quantitative estimate of drug-likeness (QED) is 0.561. The molecule has 1 saturated heterocycles. The number of amides is 1. The largest absolute Gasteiger partial charge is 0.463 e. The van der Waals surface area contributed by atoms with Crippen LogP contribution in [0.1, 0.15) is 6.42 Å². The summed E-state index contributed by atoms with van der Waals surface area (Å²) in [5, 5.41) is -0.254. The molecule has 0 radical (unpaired) electrons. The number of likely N-dealkylation sites (tertiary alicyclic amines) is 1. The predicted molar refractivity (Wildman–Crippen MR) is 60.7 cm³/mol. The molecule has 1 aliphatic rings. The average Bonchev–Trinajstić information content (AvgIpc) is 2.79. The van der Waals surface area contributed by atoms with Crippen LogP contribution in [-0.4, -0.2) is 59.8 Å². The van der Waals surface area contributed by atoms with Crippen molar-refractivity contribution in [2.24, 2.45) is 0 Å². The zero-order chi connectivity index (χ0) is 15.7.